The molecule has 0 bridgehead atoms. The molecular formula is C16H26N2. The summed E-state index contributed by atoms with van der Waals surface area (Å²) in [7, 11) is 2.27. The van der Waals surface area contributed by atoms with Crippen LogP contribution in [-0.4, -0.2) is 31.1 Å². The maximum Gasteiger partial charge on any atom is 0.0358 e. The Balaban J connectivity index is 1.99. The van der Waals surface area contributed by atoms with E-state index in [0.717, 1.165) is 12.6 Å². The zero-order valence-corrected chi connectivity index (χ0v) is 11.9. The van der Waals surface area contributed by atoms with Crippen LogP contribution in [0.2, 0.25) is 0 Å². The minimum atomic E-state index is 0.470. The molecule has 2 atom stereocenters. The highest BCUT2D eigenvalue weighted by atomic mass is 15.2. The van der Waals surface area contributed by atoms with Crippen LogP contribution in [0.4, 0.5) is 0 Å². The van der Waals surface area contributed by atoms with Crippen molar-refractivity contribution < 1.29 is 0 Å². The van der Waals surface area contributed by atoms with Gasteiger partial charge in [0.1, 0.15) is 0 Å². The molecule has 2 rings (SSSR count). The van der Waals surface area contributed by atoms with E-state index in [0.29, 0.717) is 12.0 Å². The summed E-state index contributed by atoms with van der Waals surface area (Å²) in [5.41, 5.74) is 1.41. The van der Waals surface area contributed by atoms with Gasteiger partial charge in [-0.3, -0.25) is 0 Å². The van der Waals surface area contributed by atoms with E-state index in [1.165, 1.54) is 24.9 Å². The second-order valence-corrected chi connectivity index (χ2v) is 5.59. The Kier molecular flexibility index (Phi) is 4.79. The highest BCUT2D eigenvalue weighted by molar-refractivity contribution is 5.19. The highest BCUT2D eigenvalue weighted by Crippen LogP contribution is 2.29. The third-order valence-corrected chi connectivity index (χ3v) is 3.90. The molecule has 1 aromatic carbocycles. The molecule has 0 radical (unpaired) electrons. The van der Waals surface area contributed by atoms with E-state index in [-0.39, 0.29) is 0 Å². The molecule has 0 spiro atoms. The number of benzene rings is 1. The van der Waals surface area contributed by atoms with Crippen LogP contribution in [0.3, 0.4) is 0 Å². The first-order chi connectivity index (χ1) is 8.72. The van der Waals surface area contributed by atoms with Crippen molar-refractivity contribution in [2.75, 3.05) is 20.1 Å². The molecule has 18 heavy (non-hydrogen) atoms. The first-order valence-corrected chi connectivity index (χ1v) is 7.21. The zero-order valence-electron chi connectivity index (χ0n) is 11.9. The van der Waals surface area contributed by atoms with E-state index >= 15 is 0 Å². The molecule has 0 aliphatic heterocycles. The predicted octanol–water partition coefficient (Wildman–Crippen LogP) is 3.07. The van der Waals surface area contributed by atoms with Crippen LogP contribution in [0.15, 0.2) is 30.3 Å². The molecule has 1 fully saturated rings. The van der Waals surface area contributed by atoms with Crippen molar-refractivity contribution in [3.05, 3.63) is 35.9 Å². The second kappa shape index (κ2) is 6.35. The van der Waals surface area contributed by atoms with Gasteiger partial charge in [0.2, 0.25) is 0 Å². The van der Waals surface area contributed by atoms with Crippen molar-refractivity contribution in [3.63, 3.8) is 0 Å². The molecule has 1 aromatic rings. The Morgan fingerprint density at radius 2 is 1.94 bits per heavy atom. The van der Waals surface area contributed by atoms with Crippen LogP contribution in [-0.2, 0) is 0 Å². The van der Waals surface area contributed by atoms with Gasteiger partial charge in [-0.2, -0.15) is 0 Å². The summed E-state index contributed by atoms with van der Waals surface area (Å²) in [6, 6.07) is 12.2. The predicted molar refractivity (Wildman–Crippen MR) is 77.7 cm³/mol. The molecule has 2 heteroatoms. The van der Waals surface area contributed by atoms with Gasteiger partial charge in [-0.25, -0.2) is 0 Å². The smallest absolute Gasteiger partial charge is 0.0358 e. The Morgan fingerprint density at radius 1 is 1.28 bits per heavy atom. The van der Waals surface area contributed by atoms with Crippen LogP contribution in [0.1, 0.15) is 38.3 Å². The molecule has 100 valence electrons. The number of rotatable bonds is 7. The van der Waals surface area contributed by atoms with Crippen LogP contribution < -0.4 is 5.32 Å². The summed E-state index contributed by atoms with van der Waals surface area (Å²) in [4.78, 5) is 2.53. The van der Waals surface area contributed by atoms with Crippen molar-refractivity contribution in [2.24, 2.45) is 5.92 Å². The Bertz CT molecular complexity index is 345. The summed E-state index contributed by atoms with van der Waals surface area (Å²) >= 11 is 0. The first kappa shape index (κ1) is 13.6. The number of hydrogen-bond acceptors (Lipinski definition) is 2. The van der Waals surface area contributed by atoms with Crippen LogP contribution >= 0.6 is 0 Å². The van der Waals surface area contributed by atoms with Crippen molar-refractivity contribution in [3.8, 4) is 0 Å². The largest absolute Gasteiger partial charge is 0.310 e. The molecule has 1 saturated carbocycles. The van der Waals surface area contributed by atoms with E-state index < -0.39 is 0 Å². The summed E-state index contributed by atoms with van der Waals surface area (Å²) in [6.07, 6.45) is 2.78. The summed E-state index contributed by atoms with van der Waals surface area (Å²) < 4.78 is 0. The summed E-state index contributed by atoms with van der Waals surface area (Å²) in [5.74, 6) is 0.637. The van der Waals surface area contributed by atoms with E-state index in [2.05, 4.69) is 61.4 Å². The Labute approximate surface area is 111 Å². The number of nitrogens with zero attached hydrogens (tertiary/aromatic N) is 1. The fraction of sp³-hybridized carbons (Fsp3) is 0.625. The molecule has 2 unspecified atom stereocenters. The van der Waals surface area contributed by atoms with Crippen LogP contribution in [0.25, 0.3) is 0 Å². The quantitative estimate of drug-likeness (QED) is 0.795. The molecule has 0 heterocycles. The first-order valence-electron chi connectivity index (χ1n) is 7.21. The standard InChI is InChI=1S/C16H26N2/c1-4-17-16(14-8-6-5-7-9-14)13(2)12-18(3)15-10-11-15/h5-9,13,15-17H,4,10-12H2,1-3H3. The van der Waals surface area contributed by atoms with Crippen LogP contribution in [0, 0.1) is 5.92 Å². The van der Waals surface area contributed by atoms with Crippen molar-refractivity contribution in [1.82, 2.24) is 10.2 Å². The monoisotopic (exact) mass is 246 g/mol. The number of hydrogen-bond donors (Lipinski definition) is 1. The third-order valence-electron chi connectivity index (χ3n) is 3.90. The zero-order chi connectivity index (χ0) is 13.0. The van der Waals surface area contributed by atoms with Gasteiger partial charge in [0.25, 0.3) is 0 Å². The second-order valence-electron chi connectivity index (χ2n) is 5.59. The third kappa shape index (κ3) is 3.56. The van der Waals surface area contributed by atoms with Gasteiger partial charge in [-0.05, 0) is 37.9 Å². The van der Waals surface area contributed by atoms with E-state index in [1.54, 1.807) is 0 Å². The fourth-order valence-corrected chi connectivity index (χ4v) is 2.75. The van der Waals surface area contributed by atoms with Gasteiger partial charge in [-0.1, -0.05) is 44.2 Å². The minimum absolute atomic E-state index is 0.470. The van der Waals surface area contributed by atoms with Gasteiger partial charge in [-0.15, -0.1) is 0 Å². The summed E-state index contributed by atoms with van der Waals surface area (Å²) in [5, 5.41) is 3.64. The lowest BCUT2D eigenvalue weighted by Gasteiger charge is -2.29. The molecule has 1 aliphatic carbocycles. The molecule has 1 N–H and O–H groups in total. The lowest BCUT2D eigenvalue weighted by atomic mass is 9.94. The van der Waals surface area contributed by atoms with Crippen molar-refractivity contribution in [2.45, 2.75) is 38.8 Å². The number of nitrogens with one attached hydrogen (secondary N) is 1. The molecule has 0 aromatic heterocycles. The average molecular weight is 246 g/mol. The maximum absolute atomic E-state index is 3.64. The topological polar surface area (TPSA) is 15.3 Å². The van der Waals surface area contributed by atoms with Gasteiger partial charge in [0.15, 0.2) is 0 Å². The summed E-state index contributed by atoms with van der Waals surface area (Å²) in [6.45, 7) is 6.75. The lowest BCUT2D eigenvalue weighted by Crippen LogP contribution is -2.35. The molecule has 0 amide bonds. The Morgan fingerprint density at radius 3 is 2.50 bits per heavy atom. The molecular weight excluding hydrogens is 220 g/mol. The SMILES string of the molecule is CCNC(c1ccccc1)C(C)CN(C)C1CC1. The van der Waals surface area contributed by atoms with Crippen LogP contribution in [0.5, 0.6) is 0 Å². The minimum Gasteiger partial charge on any atom is -0.310 e. The maximum atomic E-state index is 3.64. The molecule has 0 saturated heterocycles. The normalized spacial score (nSPS) is 18.9. The van der Waals surface area contributed by atoms with Gasteiger partial charge in [0.05, 0.1) is 0 Å². The Hall–Kier alpha value is -0.860. The average Bonchev–Trinajstić information content (AvgIpc) is 3.21. The van der Waals surface area contributed by atoms with Crippen molar-refractivity contribution >= 4 is 0 Å². The van der Waals surface area contributed by atoms with Crippen molar-refractivity contribution in [1.29, 1.82) is 0 Å². The highest BCUT2D eigenvalue weighted by Gasteiger charge is 2.28. The van der Waals surface area contributed by atoms with E-state index in [9.17, 15) is 0 Å². The lowest BCUT2D eigenvalue weighted by molar-refractivity contribution is 0.241. The van der Waals surface area contributed by atoms with Gasteiger partial charge in [0, 0.05) is 18.6 Å². The fourth-order valence-electron chi connectivity index (χ4n) is 2.75. The van der Waals surface area contributed by atoms with E-state index in [4.69, 9.17) is 0 Å². The van der Waals surface area contributed by atoms with E-state index in [1.807, 2.05) is 0 Å². The van der Waals surface area contributed by atoms with Gasteiger partial charge >= 0.3 is 0 Å². The van der Waals surface area contributed by atoms with Gasteiger partial charge < -0.3 is 10.2 Å². The molecule has 2 nitrogen and oxygen atoms in total. The molecule has 1 aliphatic rings.